The van der Waals surface area contributed by atoms with Gasteiger partial charge < -0.3 is 4.74 Å². The number of carbonyl (C=O) groups is 1. The molecule has 0 saturated carbocycles. The standard InChI is InChI=1S/C22H28N2O2S/c1-15(2)10-11-26-19-7-5-17(6-8-19)14-23-24-22(25)21-13-18-12-16(3)4-9-20(18)27-21/h5-8,13-16H,4,9-12H2,1-3H3,(H,24,25). The highest BCUT2D eigenvalue weighted by molar-refractivity contribution is 7.14. The third-order valence-electron chi connectivity index (χ3n) is 4.78. The minimum atomic E-state index is -0.132. The van der Waals surface area contributed by atoms with E-state index in [2.05, 4.69) is 31.3 Å². The van der Waals surface area contributed by atoms with E-state index in [0.29, 0.717) is 11.8 Å². The van der Waals surface area contributed by atoms with Crippen molar-refractivity contribution >= 4 is 23.5 Å². The van der Waals surface area contributed by atoms with Crippen LogP contribution < -0.4 is 10.2 Å². The van der Waals surface area contributed by atoms with Crippen LogP contribution in [0, 0.1) is 11.8 Å². The molecule has 1 unspecified atom stereocenters. The zero-order chi connectivity index (χ0) is 19.2. The number of rotatable bonds is 7. The maximum absolute atomic E-state index is 12.3. The number of ether oxygens (including phenoxy) is 1. The largest absolute Gasteiger partial charge is 0.494 e. The number of nitrogens with zero attached hydrogens (tertiary/aromatic N) is 1. The quantitative estimate of drug-likeness (QED) is 0.536. The number of amides is 1. The molecule has 0 bridgehead atoms. The highest BCUT2D eigenvalue weighted by Gasteiger charge is 2.20. The summed E-state index contributed by atoms with van der Waals surface area (Å²) in [5.41, 5.74) is 4.90. The van der Waals surface area contributed by atoms with Gasteiger partial charge in [0.05, 0.1) is 17.7 Å². The van der Waals surface area contributed by atoms with Gasteiger partial charge in [0.1, 0.15) is 5.75 Å². The predicted octanol–water partition coefficient (Wildman–Crippen LogP) is 5.06. The lowest BCUT2D eigenvalue weighted by Gasteiger charge is -2.16. The average Bonchev–Trinajstić information content (AvgIpc) is 3.06. The van der Waals surface area contributed by atoms with E-state index in [1.165, 1.54) is 16.9 Å². The van der Waals surface area contributed by atoms with Crippen LogP contribution in [0.5, 0.6) is 5.75 Å². The molecule has 1 heterocycles. The van der Waals surface area contributed by atoms with E-state index in [4.69, 9.17) is 4.74 Å². The van der Waals surface area contributed by atoms with Crippen LogP contribution in [0.3, 0.4) is 0 Å². The van der Waals surface area contributed by atoms with Gasteiger partial charge in [0.25, 0.3) is 5.91 Å². The maximum atomic E-state index is 12.3. The molecule has 0 saturated heterocycles. The monoisotopic (exact) mass is 384 g/mol. The fraction of sp³-hybridized carbons (Fsp3) is 0.455. The Hall–Kier alpha value is -2.14. The first-order chi connectivity index (χ1) is 13.0. The van der Waals surface area contributed by atoms with E-state index in [1.807, 2.05) is 30.3 Å². The van der Waals surface area contributed by atoms with Crippen molar-refractivity contribution in [1.29, 1.82) is 0 Å². The summed E-state index contributed by atoms with van der Waals surface area (Å²) in [4.78, 5) is 14.4. The molecule has 144 valence electrons. The van der Waals surface area contributed by atoms with Gasteiger partial charge in [-0.15, -0.1) is 11.3 Å². The number of aryl methyl sites for hydroxylation is 1. The molecule has 1 aliphatic rings. The van der Waals surface area contributed by atoms with E-state index < -0.39 is 0 Å². The Kier molecular flexibility index (Phi) is 6.67. The Morgan fingerprint density at radius 2 is 2.15 bits per heavy atom. The lowest BCUT2D eigenvalue weighted by molar-refractivity contribution is 0.0959. The predicted molar refractivity (Wildman–Crippen MR) is 112 cm³/mol. The summed E-state index contributed by atoms with van der Waals surface area (Å²) in [6.45, 7) is 7.36. The van der Waals surface area contributed by atoms with E-state index >= 15 is 0 Å². The summed E-state index contributed by atoms with van der Waals surface area (Å²) >= 11 is 1.60. The van der Waals surface area contributed by atoms with Crippen molar-refractivity contribution in [3.05, 3.63) is 51.2 Å². The molecule has 1 aliphatic carbocycles. The van der Waals surface area contributed by atoms with E-state index in [-0.39, 0.29) is 5.91 Å². The number of fused-ring (bicyclic) bond motifs is 1. The first-order valence-corrected chi connectivity index (χ1v) is 10.5. The van der Waals surface area contributed by atoms with Crippen LogP contribution in [0.2, 0.25) is 0 Å². The van der Waals surface area contributed by atoms with E-state index in [0.717, 1.165) is 42.1 Å². The van der Waals surface area contributed by atoms with E-state index in [1.54, 1.807) is 17.6 Å². The highest BCUT2D eigenvalue weighted by atomic mass is 32.1. The summed E-state index contributed by atoms with van der Waals surface area (Å²) in [5.74, 6) is 2.07. The number of hydrazone groups is 1. The van der Waals surface area contributed by atoms with Crippen molar-refractivity contribution < 1.29 is 9.53 Å². The number of carbonyl (C=O) groups excluding carboxylic acids is 1. The third-order valence-corrected chi connectivity index (χ3v) is 6.01. The second kappa shape index (κ2) is 9.18. The van der Waals surface area contributed by atoms with Gasteiger partial charge in [-0.3, -0.25) is 4.79 Å². The molecule has 5 heteroatoms. The van der Waals surface area contributed by atoms with Crippen molar-refractivity contribution in [1.82, 2.24) is 5.43 Å². The van der Waals surface area contributed by atoms with Gasteiger partial charge in [-0.25, -0.2) is 5.43 Å². The molecular formula is C22H28N2O2S. The second-order valence-electron chi connectivity index (χ2n) is 7.71. The Morgan fingerprint density at radius 3 is 2.89 bits per heavy atom. The van der Waals surface area contributed by atoms with Crippen LogP contribution in [0.4, 0.5) is 0 Å². The molecule has 1 aromatic carbocycles. The topological polar surface area (TPSA) is 50.7 Å². The summed E-state index contributed by atoms with van der Waals surface area (Å²) in [5, 5.41) is 4.10. The fourth-order valence-corrected chi connectivity index (χ4v) is 4.20. The van der Waals surface area contributed by atoms with Gasteiger partial charge >= 0.3 is 0 Å². The van der Waals surface area contributed by atoms with Gasteiger partial charge in [0.15, 0.2) is 0 Å². The molecule has 1 atom stereocenters. The highest BCUT2D eigenvalue weighted by Crippen LogP contribution is 2.32. The van der Waals surface area contributed by atoms with Crippen LogP contribution >= 0.6 is 11.3 Å². The minimum Gasteiger partial charge on any atom is -0.494 e. The molecule has 0 radical (unpaired) electrons. The van der Waals surface area contributed by atoms with Crippen molar-refractivity contribution in [3.63, 3.8) is 0 Å². The summed E-state index contributed by atoms with van der Waals surface area (Å²) in [6.07, 6.45) is 6.08. The smallest absolute Gasteiger partial charge is 0.281 e. The molecule has 3 rings (SSSR count). The zero-order valence-corrected chi connectivity index (χ0v) is 17.1. The Balaban J connectivity index is 1.50. The zero-order valence-electron chi connectivity index (χ0n) is 16.3. The molecular weight excluding hydrogens is 356 g/mol. The molecule has 0 fully saturated rings. The second-order valence-corrected chi connectivity index (χ2v) is 8.84. The molecule has 1 N–H and O–H groups in total. The summed E-state index contributed by atoms with van der Waals surface area (Å²) in [7, 11) is 0. The van der Waals surface area contributed by atoms with Gasteiger partial charge in [-0.2, -0.15) is 5.10 Å². The van der Waals surface area contributed by atoms with Gasteiger partial charge in [-0.05, 0) is 79.0 Å². The summed E-state index contributed by atoms with van der Waals surface area (Å²) in [6, 6.07) is 9.76. The normalized spacial score (nSPS) is 16.5. The molecule has 27 heavy (non-hydrogen) atoms. The van der Waals surface area contributed by atoms with Crippen LogP contribution in [-0.4, -0.2) is 18.7 Å². The first-order valence-electron chi connectivity index (χ1n) is 9.69. The number of hydrogen-bond donors (Lipinski definition) is 1. The maximum Gasteiger partial charge on any atom is 0.281 e. The van der Waals surface area contributed by atoms with Crippen LogP contribution in [0.1, 0.15) is 59.3 Å². The third kappa shape index (κ3) is 5.67. The molecule has 0 aliphatic heterocycles. The number of hydrogen-bond acceptors (Lipinski definition) is 4. The average molecular weight is 385 g/mol. The molecule has 4 nitrogen and oxygen atoms in total. The number of nitrogens with one attached hydrogen (secondary N) is 1. The van der Waals surface area contributed by atoms with Crippen molar-refractivity contribution in [3.8, 4) is 5.75 Å². The Labute approximate surface area is 165 Å². The lowest BCUT2D eigenvalue weighted by Crippen LogP contribution is -2.16. The van der Waals surface area contributed by atoms with E-state index in [9.17, 15) is 4.79 Å². The number of thiophene rings is 1. The first kappa shape index (κ1) is 19.6. The lowest BCUT2D eigenvalue weighted by atomic mass is 9.90. The van der Waals surface area contributed by atoms with Crippen molar-refractivity contribution in [2.45, 2.75) is 46.5 Å². The number of benzene rings is 1. The van der Waals surface area contributed by atoms with Gasteiger partial charge in [0, 0.05) is 4.88 Å². The summed E-state index contributed by atoms with van der Waals surface area (Å²) < 4.78 is 5.71. The molecule has 1 aromatic heterocycles. The molecule has 2 aromatic rings. The SMILES string of the molecule is CC(C)CCOc1ccc(C=NNC(=O)c2cc3c(s2)CCC(C)C3)cc1. The van der Waals surface area contributed by atoms with Crippen LogP contribution in [0.15, 0.2) is 35.4 Å². The van der Waals surface area contributed by atoms with Crippen LogP contribution in [0.25, 0.3) is 0 Å². The van der Waals surface area contributed by atoms with Gasteiger partial charge in [-0.1, -0.05) is 20.8 Å². The van der Waals surface area contributed by atoms with Crippen molar-refractivity contribution in [2.75, 3.05) is 6.61 Å². The fourth-order valence-electron chi connectivity index (χ4n) is 3.10. The van der Waals surface area contributed by atoms with Crippen molar-refractivity contribution in [2.24, 2.45) is 16.9 Å². The Bertz CT molecular complexity index is 793. The van der Waals surface area contributed by atoms with Crippen LogP contribution in [-0.2, 0) is 12.8 Å². The Morgan fingerprint density at radius 1 is 1.37 bits per heavy atom. The molecule has 0 spiro atoms. The van der Waals surface area contributed by atoms with Gasteiger partial charge in [0.2, 0.25) is 0 Å². The minimum absolute atomic E-state index is 0.132. The molecule has 1 amide bonds.